The Balaban J connectivity index is 2.24. The molecule has 1 aromatic carbocycles. The number of pyridine rings is 1. The second kappa shape index (κ2) is 4.77. The third-order valence-electron chi connectivity index (χ3n) is 2.47. The van der Waals surface area contributed by atoms with Gasteiger partial charge in [0.15, 0.2) is 0 Å². The van der Waals surface area contributed by atoms with Gasteiger partial charge in [-0.1, -0.05) is 36.4 Å². The summed E-state index contributed by atoms with van der Waals surface area (Å²) in [5.41, 5.74) is 1.67. The van der Waals surface area contributed by atoms with E-state index in [0.717, 1.165) is 16.9 Å². The average molecular weight is 214 g/mol. The van der Waals surface area contributed by atoms with Gasteiger partial charge in [0.2, 0.25) is 0 Å². The molecule has 0 spiro atoms. The van der Waals surface area contributed by atoms with E-state index in [-0.39, 0.29) is 0 Å². The van der Waals surface area contributed by atoms with Crippen LogP contribution < -0.4 is 5.32 Å². The highest BCUT2D eigenvalue weighted by atomic mass is 16.3. The molecule has 0 amide bonds. The number of aliphatic hydroxyl groups is 1. The lowest BCUT2D eigenvalue weighted by Gasteiger charge is -2.11. The standard InChI is InChI=1S/C13H14N2O/c1-14-12-8-7-11(9-15-12)13(16)10-5-3-2-4-6-10/h2-9,13,16H,1H3,(H,14,15)/t13-/m0/s1. The van der Waals surface area contributed by atoms with E-state index in [1.807, 2.05) is 49.5 Å². The Hall–Kier alpha value is -1.87. The summed E-state index contributed by atoms with van der Waals surface area (Å²) < 4.78 is 0. The molecular weight excluding hydrogens is 200 g/mol. The van der Waals surface area contributed by atoms with Gasteiger partial charge in [-0.05, 0) is 11.6 Å². The van der Waals surface area contributed by atoms with E-state index >= 15 is 0 Å². The Morgan fingerprint density at radius 3 is 2.38 bits per heavy atom. The van der Waals surface area contributed by atoms with Gasteiger partial charge in [0.05, 0.1) is 0 Å². The Morgan fingerprint density at radius 1 is 1.06 bits per heavy atom. The van der Waals surface area contributed by atoms with Gasteiger partial charge < -0.3 is 10.4 Å². The van der Waals surface area contributed by atoms with Crippen molar-refractivity contribution in [1.29, 1.82) is 0 Å². The number of nitrogens with one attached hydrogen (secondary N) is 1. The number of aromatic nitrogens is 1. The fourth-order valence-electron chi connectivity index (χ4n) is 1.54. The van der Waals surface area contributed by atoms with Crippen molar-refractivity contribution >= 4 is 5.82 Å². The third kappa shape index (κ3) is 2.20. The monoisotopic (exact) mass is 214 g/mol. The number of hydrogen-bond donors (Lipinski definition) is 2. The minimum absolute atomic E-state index is 0.611. The molecular formula is C13H14N2O. The maximum Gasteiger partial charge on any atom is 0.125 e. The molecule has 1 heterocycles. The molecule has 0 aliphatic carbocycles. The molecule has 1 atom stereocenters. The van der Waals surface area contributed by atoms with Crippen molar-refractivity contribution in [2.24, 2.45) is 0 Å². The maximum atomic E-state index is 10.1. The van der Waals surface area contributed by atoms with Gasteiger partial charge in [-0.25, -0.2) is 4.98 Å². The lowest BCUT2D eigenvalue weighted by molar-refractivity contribution is 0.220. The van der Waals surface area contributed by atoms with Crippen molar-refractivity contribution in [3.05, 3.63) is 59.8 Å². The lowest BCUT2D eigenvalue weighted by Crippen LogP contribution is -2.01. The van der Waals surface area contributed by atoms with Gasteiger partial charge in [0.1, 0.15) is 11.9 Å². The van der Waals surface area contributed by atoms with Crippen LogP contribution in [0.3, 0.4) is 0 Å². The van der Waals surface area contributed by atoms with Gasteiger partial charge >= 0.3 is 0 Å². The van der Waals surface area contributed by atoms with Crippen molar-refractivity contribution in [1.82, 2.24) is 4.98 Å². The molecule has 82 valence electrons. The topological polar surface area (TPSA) is 45.1 Å². The van der Waals surface area contributed by atoms with Crippen LogP contribution in [0.25, 0.3) is 0 Å². The Bertz CT molecular complexity index is 439. The predicted molar refractivity (Wildman–Crippen MR) is 64.3 cm³/mol. The van der Waals surface area contributed by atoms with Gasteiger partial charge in [0.25, 0.3) is 0 Å². The summed E-state index contributed by atoms with van der Waals surface area (Å²) in [7, 11) is 1.82. The van der Waals surface area contributed by atoms with E-state index in [1.54, 1.807) is 6.20 Å². The van der Waals surface area contributed by atoms with Crippen LogP contribution in [0.1, 0.15) is 17.2 Å². The van der Waals surface area contributed by atoms with Gasteiger partial charge in [-0.15, -0.1) is 0 Å². The van der Waals surface area contributed by atoms with Crippen LogP contribution in [0.15, 0.2) is 48.7 Å². The quantitative estimate of drug-likeness (QED) is 0.823. The average Bonchev–Trinajstić information content (AvgIpc) is 2.39. The second-order valence-electron chi connectivity index (χ2n) is 3.54. The summed E-state index contributed by atoms with van der Waals surface area (Å²) in [6.45, 7) is 0. The minimum atomic E-state index is -0.611. The van der Waals surface area contributed by atoms with E-state index < -0.39 is 6.10 Å². The fourth-order valence-corrected chi connectivity index (χ4v) is 1.54. The molecule has 0 saturated heterocycles. The first-order valence-electron chi connectivity index (χ1n) is 5.18. The van der Waals surface area contributed by atoms with E-state index in [2.05, 4.69) is 10.3 Å². The number of rotatable bonds is 3. The highest BCUT2D eigenvalue weighted by Gasteiger charge is 2.09. The molecule has 0 aliphatic heterocycles. The molecule has 2 aromatic rings. The molecule has 16 heavy (non-hydrogen) atoms. The summed E-state index contributed by atoms with van der Waals surface area (Å²) in [4.78, 5) is 4.17. The van der Waals surface area contributed by atoms with Crippen molar-refractivity contribution < 1.29 is 5.11 Å². The Morgan fingerprint density at radius 2 is 1.81 bits per heavy atom. The molecule has 0 saturated carbocycles. The molecule has 2 N–H and O–H groups in total. The lowest BCUT2D eigenvalue weighted by atomic mass is 10.0. The largest absolute Gasteiger partial charge is 0.384 e. The highest BCUT2D eigenvalue weighted by molar-refractivity contribution is 5.37. The normalized spacial score (nSPS) is 12.1. The smallest absolute Gasteiger partial charge is 0.125 e. The zero-order chi connectivity index (χ0) is 11.4. The number of anilines is 1. The molecule has 0 unspecified atom stereocenters. The molecule has 3 heteroatoms. The van der Waals surface area contributed by atoms with Crippen LogP contribution in [-0.2, 0) is 0 Å². The zero-order valence-electron chi connectivity index (χ0n) is 9.09. The van der Waals surface area contributed by atoms with E-state index in [0.29, 0.717) is 0 Å². The summed E-state index contributed by atoms with van der Waals surface area (Å²) in [5, 5.41) is 13.0. The molecule has 3 nitrogen and oxygen atoms in total. The predicted octanol–water partition coefficient (Wildman–Crippen LogP) is 2.21. The first kappa shape index (κ1) is 10.6. The van der Waals surface area contributed by atoms with Crippen molar-refractivity contribution in [2.45, 2.75) is 6.10 Å². The molecule has 1 aromatic heterocycles. The molecule has 0 radical (unpaired) electrons. The number of nitrogens with zero attached hydrogens (tertiary/aromatic N) is 1. The summed E-state index contributed by atoms with van der Waals surface area (Å²) in [5.74, 6) is 0.795. The van der Waals surface area contributed by atoms with Crippen LogP contribution in [0.5, 0.6) is 0 Å². The Kier molecular flexibility index (Phi) is 3.17. The highest BCUT2D eigenvalue weighted by Crippen LogP contribution is 2.21. The first-order valence-corrected chi connectivity index (χ1v) is 5.18. The molecule has 0 aliphatic rings. The van der Waals surface area contributed by atoms with Gasteiger partial charge in [-0.2, -0.15) is 0 Å². The van der Waals surface area contributed by atoms with E-state index in [9.17, 15) is 5.11 Å². The number of aliphatic hydroxyl groups excluding tert-OH is 1. The molecule has 0 fully saturated rings. The van der Waals surface area contributed by atoms with Crippen molar-refractivity contribution in [3.63, 3.8) is 0 Å². The van der Waals surface area contributed by atoms with Crippen LogP contribution in [0, 0.1) is 0 Å². The van der Waals surface area contributed by atoms with E-state index in [1.165, 1.54) is 0 Å². The summed E-state index contributed by atoms with van der Waals surface area (Å²) >= 11 is 0. The van der Waals surface area contributed by atoms with Crippen molar-refractivity contribution in [3.8, 4) is 0 Å². The zero-order valence-corrected chi connectivity index (χ0v) is 9.09. The SMILES string of the molecule is CNc1ccc([C@@H](O)c2ccccc2)cn1. The summed E-state index contributed by atoms with van der Waals surface area (Å²) in [6.07, 6.45) is 1.07. The number of hydrogen-bond acceptors (Lipinski definition) is 3. The first-order chi connectivity index (χ1) is 7.81. The molecule has 0 bridgehead atoms. The summed E-state index contributed by atoms with van der Waals surface area (Å²) in [6, 6.07) is 13.3. The van der Waals surface area contributed by atoms with Crippen molar-refractivity contribution in [2.75, 3.05) is 12.4 Å². The Labute approximate surface area is 94.8 Å². The van der Waals surface area contributed by atoms with E-state index in [4.69, 9.17) is 0 Å². The van der Waals surface area contributed by atoms with Crippen LogP contribution in [0.2, 0.25) is 0 Å². The van der Waals surface area contributed by atoms with Crippen LogP contribution in [0.4, 0.5) is 5.82 Å². The van der Waals surface area contributed by atoms with Crippen LogP contribution in [-0.4, -0.2) is 17.1 Å². The minimum Gasteiger partial charge on any atom is -0.384 e. The third-order valence-corrected chi connectivity index (χ3v) is 2.47. The fraction of sp³-hybridized carbons (Fsp3) is 0.154. The second-order valence-corrected chi connectivity index (χ2v) is 3.54. The van der Waals surface area contributed by atoms with Crippen LogP contribution >= 0.6 is 0 Å². The van der Waals surface area contributed by atoms with Gasteiger partial charge in [-0.3, -0.25) is 0 Å². The molecule has 2 rings (SSSR count). The van der Waals surface area contributed by atoms with Gasteiger partial charge in [0, 0.05) is 18.8 Å². The number of benzene rings is 1. The maximum absolute atomic E-state index is 10.1.